The maximum absolute atomic E-state index is 11.5. The van der Waals surface area contributed by atoms with Gasteiger partial charge >= 0.3 is 0 Å². The standard InChI is InChI=1S/C13H20N2O2S/c1-14-10-12(13-4-2-3-7-15-13)11-5-8-18(16,17)9-6-11/h2-4,7,11-12,14H,5-6,8-10H2,1H3. The number of sulfone groups is 1. The number of hydrogen-bond donors (Lipinski definition) is 1. The molecule has 4 nitrogen and oxygen atoms in total. The fraction of sp³-hybridized carbons (Fsp3) is 0.615. The Morgan fingerprint density at radius 2 is 2.11 bits per heavy atom. The van der Waals surface area contributed by atoms with Crippen LogP contribution >= 0.6 is 0 Å². The van der Waals surface area contributed by atoms with Crippen LogP contribution in [0.15, 0.2) is 24.4 Å². The van der Waals surface area contributed by atoms with Crippen LogP contribution in [-0.4, -0.2) is 38.5 Å². The number of likely N-dealkylation sites (N-methyl/N-ethyl adjacent to an activating group) is 1. The van der Waals surface area contributed by atoms with Gasteiger partial charge < -0.3 is 5.32 Å². The summed E-state index contributed by atoms with van der Waals surface area (Å²) in [6.45, 7) is 0.849. The van der Waals surface area contributed by atoms with Gasteiger partial charge in [0.2, 0.25) is 0 Å². The Labute approximate surface area is 109 Å². The smallest absolute Gasteiger partial charge is 0.150 e. The molecule has 0 amide bonds. The van der Waals surface area contributed by atoms with E-state index < -0.39 is 9.84 Å². The molecule has 1 aliphatic heterocycles. The maximum atomic E-state index is 11.5. The van der Waals surface area contributed by atoms with E-state index in [1.807, 2.05) is 25.2 Å². The second-order valence-electron chi connectivity index (χ2n) is 4.91. The number of pyridine rings is 1. The average Bonchev–Trinajstić information content (AvgIpc) is 2.38. The molecule has 0 bridgehead atoms. The van der Waals surface area contributed by atoms with Crippen molar-refractivity contribution in [2.24, 2.45) is 5.92 Å². The lowest BCUT2D eigenvalue weighted by molar-refractivity contribution is 0.370. The zero-order chi connectivity index (χ0) is 13.0. The van der Waals surface area contributed by atoms with Crippen LogP contribution in [0.4, 0.5) is 0 Å². The van der Waals surface area contributed by atoms with Crippen LogP contribution in [0.25, 0.3) is 0 Å². The van der Waals surface area contributed by atoms with Gasteiger partial charge in [0.05, 0.1) is 11.5 Å². The predicted octanol–water partition coefficient (Wildman–Crippen LogP) is 1.21. The van der Waals surface area contributed by atoms with Crippen LogP contribution in [0.1, 0.15) is 24.5 Å². The van der Waals surface area contributed by atoms with E-state index >= 15 is 0 Å². The third-order valence-corrected chi connectivity index (χ3v) is 5.38. The highest BCUT2D eigenvalue weighted by Crippen LogP contribution is 2.32. The monoisotopic (exact) mass is 268 g/mol. The molecule has 100 valence electrons. The van der Waals surface area contributed by atoms with Crippen molar-refractivity contribution in [3.63, 3.8) is 0 Å². The highest BCUT2D eigenvalue weighted by molar-refractivity contribution is 7.91. The molecular weight excluding hydrogens is 248 g/mol. The molecule has 1 fully saturated rings. The molecule has 0 spiro atoms. The third-order valence-electron chi connectivity index (χ3n) is 3.66. The number of hydrogen-bond acceptors (Lipinski definition) is 4. The van der Waals surface area contributed by atoms with Crippen molar-refractivity contribution in [3.05, 3.63) is 30.1 Å². The molecule has 0 radical (unpaired) electrons. The summed E-state index contributed by atoms with van der Waals surface area (Å²) in [5, 5.41) is 3.19. The number of nitrogens with one attached hydrogen (secondary N) is 1. The molecule has 0 aliphatic carbocycles. The van der Waals surface area contributed by atoms with E-state index in [0.29, 0.717) is 23.3 Å². The molecule has 1 aromatic rings. The lowest BCUT2D eigenvalue weighted by atomic mass is 9.84. The Hall–Kier alpha value is -0.940. The van der Waals surface area contributed by atoms with E-state index in [-0.39, 0.29) is 0 Å². The Balaban J connectivity index is 2.12. The first-order valence-electron chi connectivity index (χ1n) is 6.38. The van der Waals surface area contributed by atoms with Crippen LogP contribution < -0.4 is 5.32 Å². The molecule has 1 unspecified atom stereocenters. The van der Waals surface area contributed by atoms with Gasteiger partial charge in [0.25, 0.3) is 0 Å². The molecule has 1 saturated heterocycles. The topological polar surface area (TPSA) is 59.1 Å². The zero-order valence-electron chi connectivity index (χ0n) is 10.7. The molecule has 0 aromatic carbocycles. The number of rotatable bonds is 4. The summed E-state index contributed by atoms with van der Waals surface area (Å²) in [6, 6.07) is 5.93. The van der Waals surface area contributed by atoms with Gasteiger partial charge in [-0.1, -0.05) is 6.07 Å². The highest BCUT2D eigenvalue weighted by atomic mass is 32.2. The van der Waals surface area contributed by atoms with Crippen molar-refractivity contribution in [1.29, 1.82) is 0 Å². The van der Waals surface area contributed by atoms with Gasteiger partial charge in [-0.2, -0.15) is 0 Å². The second kappa shape index (κ2) is 5.80. The van der Waals surface area contributed by atoms with Crippen molar-refractivity contribution in [2.75, 3.05) is 25.1 Å². The molecule has 1 aromatic heterocycles. The van der Waals surface area contributed by atoms with E-state index in [1.165, 1.54) is 0 Å². The molecule has 1 N–H and O–H groups in total. The summed E-state index contributed by atoms with van der Waals surface area (Å²) >= 11 is 0. The van der Waals surface area contributed by atoms with Gasteiger partial charge in [0.15, 0.2) is 0 Å². The van der Waals surface area contributed by atoms with Gasteiger partial charge in [0.1, 0.15) is 9.84 Å². The van der Waals surface area contributed by atoms with Crippen LogP contribution in [0, 0.1) is 5.92 Å². The van der Waals surface area contributed by atoms with Gasteiger partial charge in [0, 0.05) is 24.4 Å². The van der Waals surface area contributed by atoms with E-state index in [1.54, 1.807) is 6.20 Å². The summed E-state index contributed by atoms with van der Waals surface area (Å²) in [5.74, 6) is 1.37. The lowest BCUT2D eigenvalue weighted by Crippen LogP contribution is -2.32. The van der Waals surface area contributed by atoms with E-state index in [0.717, 1.165) is 25.1 Å². The minimum absolute atomic E-state index is 0.312. The molecule has 5 heteroatoms. The van der Waals surface area contributed by atoms with Crippen molar-refractivity contribution in [2.45, 2.75) is 18.8 Å². The predicted molar refractivity (Wildman–Crippen MR) is 72.3 cm³/mol. The second-order valence-corrected chi connectivity index (χ2v) is 7.21. The van der Waals surface area contributed by atoms with Gasteiger partial charge in [-0.15, -0.1) is 0 Å². The van der Waals surface area contributed by atoms with Crippen LogP contribution in [0.5, 0.6) is 0 Å². The normalized spacial score (nSPS) is 21.6. The summed E-state index contributed by atoms with van der Waals surface area (Å²) in [5.41, 5.74) is 1.07. The molecule has 1 aliphatic rings. The first kappa shape index (κ1) is 13.5. The molecular formula is C13H20N2O2S. The average molecular weight is 268 g/mol. The Morgan fingerprint density at radius 3 is 2.67 bits per heavy atom. The van der Waals surface area contributed by atoms with Gasteiger partial charge in [-0.3, -0.25) is 4.98 Å². The van der Waals surface area contributed by atoms with Crippen molar-refractivity contribution >= 4 is 9.84 Å². The van der Waals surface area contributed by atoms with Gasteiger partial charge in [-0.05, 0) is 37.9 Å². The Kier molecular flexibility index (Phi) is 4.35. The first-order valence-corrected chi connectivity index (χ1v) is 8.20. The number of nitrogens with zero attached hydrogens (tertiary/aromatic N) is 1. The molecule has 0 saturated carbocycles. The quantitative estimate of drug-likeness (QED) is 0.891. The van der Waals surface area contributed by atoms with E-state index in [2.05, 4.69) is 10.3 Å². The summed E-state index contributed by atoms with van der Waals surface area (Å²) in [7, 11) is -0.861. The minimum atomic E-state index is -2.79. The first-order chi connectivity index (χ1) is 8.62. The maximum Gasteiger partial charge on any atom is 0.150 e. The summed E-state index contributed by atoms with van der Waals surface area (Å²) in [6.07, 6.45) is 3.31. The summed E-state index contributed by atoms with van der Waals surface area (Å²) < 4.78 is 23.0. The lowest BCUT2D eigenvalue weighted by Gasteiger charge is -2.29. The molecule has 2 heterocycles. The fourth-order valence-corrected chi connectivity index (χ4v) is 4.17. The van der Waals surface area contributed by atoms with E-state index in [9.17, 15) is 8.42 Å². The van der Waals surface area contributed by atoms with Crippen molar-refractivity contribution < 1.29 is 8.42 Å². The van der Waals surface area contributed by atoms with Crippen molar-refractivity contribution in [3.8, 4) is 0 Å². The molecule has 1 atom stereocenters. The number of aromatic nitrogens is 1. The molecule has 2 rings (SSSR count). The SMILES string of the molecule is CNCC(c1ccccn1)C1CCS(=O)(=O)CC1. The van der Waals surface area contributed by atoms with E-state index in [4.69, 9.17) is 0 Å². The van der Waals surface area contributed by atoms with Crippen LogP contribution in [0.2, 0.25) is 0 Å². The zero-order valence-corrected chi connectivity index (χ0v) is 11.5. The third kappa shape index (κ3) is 3.29. The van der Waals surface area contributed by atoms with Crippen molar-refractivity contribution in [1.82, 2.24) is 10.3 Å². The molecule has 18 heavy (non-hydrogen) atoms. The largest absolute Gasteiger partial charge is 0.319 e. The Morgan fingerprint density at radius 1 is 1.39 bits per heavy atom. The minimum Gasteiger partial charge on any atom is -0.319 e. The van der Waals surface area contributed by atoms with Gasteiger partial charge in [-0.25, -0.2) is 8.42 Å². The highest BCUT2D eigenvalue weighted by Gasteiger charge is 2.30. The fourth-order valence-electron chi connectivity index (χ4n) is 2.64. The van der Waals surface area contributed by atoms with Crippen LogP contribution in [0.3, 0.4) is 0 Å². The summed E-state index contributed by atoms with van der Waals surface area (Å²) in [4.78, 5) is 4.42. The van der Waals surface area contributed by atoms with Crippen LogP contribution in [-0.2, 0) is 9.84 Å². The Bertz CT molecular complexity index is 459.